The van der Waals surface area contributed by atoms with E-state index >= 15 is 0 Å². The largest absolute Gasteiger partial charge is 0.493 e. The van der Waals surface area contributed by atoms with Crippen LogP contribution in [0.2, 0.25) is 0 Å². The fraction of sp³-hybridized carbons (Fsp3) is 0.176. The van der Waals surface area contributed by atoms with Crippen molar-refractivity contribution in [2.24, 2.45) is 0 Å². The molecule has 0 radical (unpaired) electrons. The van der Waals surface area contributed by atoms with Crippen LogP contribution in [0.4, 0.5) is 18.9 Å². The van der Waals surface area contributed by atoms with Crippen LogP contribution in [-0.2, 0) is 11.2 Å². The predicted octanol–water partition coefficient (Wildman–Crippen LogP) is 3.68. The van der Waals surface area contributed by atoms with Gasteiger partial charge in [-0.15, -0.1) is 0 Å². The lowest BCUT2D eigenvalue weighted by molar-refractivity contribution is -0.171. The molecule has 0 spiro atoms. The zero-order chi connectivity index (χ0) is 18.3. The van der Waals surface area contributed by atoms with Crippen LogP contribution in [-0.4, -0.2) is 23.8 Å². The maximum Gasteiger partial charge on any atom is 0.471 e. The normalized spacial score (nSPS) is 10.8. The van der Waals surface area contributed by atoms with Gasteiger partial charge >= 0.3 is 12.1 Å². The second kappa shape index (κ2) is 8.48. The van der Waals surface area contributed by atoms with Gasteiger partial charge in [0.1, 0.15) is 5.75 Å². The van der Waals surface area contributed by atoms with Crippen LogP contribution < -0.4 is 15.4 Å². The Balaban J connectivity index is 1.86. The molecule has 0 fully saturated rings. The molecule has 2 N–H and O–H groups in total. The number of alkyl halides is 3. The van der Waals surface area contributed by atoms with Crippen LogP contribution >= 0.6 is 12.2 Å². The Labute approximate surface area is 148 Å². The van der Waals surface area contributed by atoms with Crippen molar-refractivity contribution in [1.29, 1.82) is 0 Å². The highest BCUT2D eigenvalue weighted by Crippen LogP contribution is 2.18. The monoisotopic (exact) mass is 368 g/mol. The van der Waals surface area contributed by atoms with Crippen molar-refractivity contribution in [2.45, 2.75) is 12.6 Å². The van der Waals surface area contributed by atoms with E-state index in [1.807, 2.05) is 30.3 Å². The second-order valence-corrected chi connectivity index (χ2v) is 5.43. The molecule has 25 heavy (non-hydrogen) atoms. The Bertz CT molecular complexity index is 736. The molecule has 1 amide bonds. The molecule has 0 unspecified atom stereocenters. The van der Waals surface area contributed by atoms with Crippen molar-refractivity contribution in [2.75, 3.05) is 11.9 Å². The minimum Gasteiger partial charge on any atom is -0.493 e. The lowest BCUT2D eigenvalue weighted by Crippen LogP contribution is -2.42. The quantitative estimate of drug-likeness (QED) is 0.791. The third-order valence-electron chi connectivity index (χ3n) is 3.08. The smallest absolute Gasteiger partial charge is 0.471 e. The average molecular weight is 368 g/mol. The molecule has 2 aromatic carbocycles. The molecule has 0 atom stereocenters. The number of carbonyl (C=O) groups is 1. The summed E-state index contributed by atoms with van der Waals surface area (Å²) < 4.78 is 42.1. The van der Waals surface area contributed by atoms with Gasteiger partial charge in [-0.2, -0.15) is 13.2 Å². The summed E-state index contributed by atoms with van der Waals surface area (Å²) in [6.07, 6.45) is -4.27. The van der Waals surface area contributed by atoms with Gasteiger partial charge in [-0.1, -0.05) is 36.4 Å². The number of nitrogens with one attached hydrogen (secondary N) is 2. The lowest BCUT2D eigenvalue weighted by Gasteiger charge is -2.12. The first-order chi connectivity index (χ1) is 11.8. The molecular weight excluding hydrogens is 353 g/mol. The molecule has 4 nitrogen and oxygen atoms in total. The van der Waals surface area contributed by atoms with Crippen LogP contribution in [0.5, 0.6) is 5.75 Å². The molecule has 0 aliphatic rings. The fourth-order valence-corrected chi connectivity index (χ4v) is 2.14. The summed E-state index contributed by atoms with van der Waals surface area (Å²) in [6.45, 7) is 0.447. The van der Waals surface area contributed by atoms with Crippen LogP contribution in [0.3, 0.4) is 0 Å². The number of thiocarbonyl (C=S) groups is 1. The molecule has 8 heteroatoms. The summed E-state index contributed by atoms with van der Waals surface area (Å²) in [5.74, 6) is -1.59. The number of carbonyl (C=O) groups excluding carboxylic acids is 1. The first-order valence-electron chi connectivity index (χ1n) is 7.30. The first kappa shape index (κ1) is 18.7. The predicted molar refractivity (Wildman–Crippen MR) is 92.5 cm³/mol. The van der Waals surface area contributed by atoms with E-state index < -0.39 is 17.2 Å². The Hall–Kier alpha value is -2.61. The van der Waals surface area contributed by atoms with E-state index in [1.54, 1.807) is 29.6 Å². The maximum atomic E-state index is 12.2. The highest BCUT2D eigenvalue weighted by Gasteiger charge is 2.39. The molecule has 0 bridgehead atoms. The van der Waals surface area contributed by atoms with Gasteiger partial charge in [0.15, 0.2) is 5.11 Å². The van der Waals surface area contributed by atoms with Gasteiger partial charge < -0.3 is 10.1 Å². The van der Waals surface area contributed by atoms with Crippen LogP contribution in [0, 0.1) is 0 Å². The SMILES string of the molecule is O=C(NC(=S)Nc1cccc(OCCc2ccccc2)c1)C(F)(F)F. The third-order valence-corrected chi connectivity index (χ3v) is 3.28. The zero-order valence-corrected chi connectivity index (χ0v) is 13.8. The Morgan fingerprint density at radius 2 is 1.80 bits per heavy atom. The van der Waals surface area contributed by atoms with E-state index in [9.17, 15) is 18.0 Å². The van der Waals surface area contributed by atoms with Gasteiger partial charge in [-0.25, -0.2) is 0 Å². The van der Waals surface area contributed by atoms with Gasteiger partial charge in [-0.3, -0.25) is 10.1 Å². The molecule has 0 saturated heterocycles. The van der Waals surface area contributed by atoms with Crippen molar-refractivity contribution >= 4 is 28.9 Å². The molecule has 132 valence electrons. The number of rotatable bonds is 5. The van der Waals surface area contributed by atoms with Gasteiger partial charge in [-0.05, 0) is 29.9 Å². The maximum absolute atomic E-state index is 12.2. The number of ether oxygens (including phenoxy) is 1. The summed E-state index contributed by atoms with van der Waals surface area (Å²) in [5, 5.41) is 3.64. The average Bonchev–Trinajstić information content (AvgIpc) is 2.55. The van der Waals surface area contributed by atoms with E-state index in [-0.39, 0.29) is 0 Å². The van der Waals surface area contributed by atoms with Crippen LogP contribution in [0.15, 0.2) is 54.6 Å². The van der Waals surface area contributed by atoms with Crippen molar-refractivity contribution < 1.29 is 22.7 Å². The Kier molecular flexibility index (Phi) is 6.35. The van der Waals surface area contributed by atoms with Crippen molar-refractivity contribution in [3.63, 3.8) is 0 Å². The standard InChI is InChI=1S/C17H15F3N2O2S/c18-17(19,20)15(23)22-16(25)21-13-7-4-8-14(11-13)24-10-9-12-5-2-1-3-6-12/h1-8,11H,9-10H2,(H2,21,22,23,25). The number of hydrogen-bond donors (Lipinski definition) is 2. The summed E-state index contributed by atoms with van der Waals surface area (Å²) >= 11 is 4.69. The van der Waals surface area contributed by atoms with Gasteiger partial charge in [0.2, 0.25) is 0 Å². The molecule has 2 aromatic rings. The van der Waals surface area contributed by atoms with E-state index in [0.717, 1.165) is 12.0 Å². The molecular formula is C17H15F3N2O2S. The molecule has 0 saturated carbocycles. The third kappa shape index (κ3) is 6.42. The number of amides is 1. The number of halogens is 3. The van der Waals surface area contributed by atoms with Gasteiger partial charge in [0, 0.05) is 18.2 Å². The van der Waals surface area contributed by atoms with E-state index in [1.165, 1.54) is 0 Å². The Morgan fingerprint density at radius 3 is 2.48 bits per heavy atom. The summed E-state index contributed by atoms with van der Waals surface area (Å²) in [5.41, 5.74) is 1.54. The second-order valence-electron chi connectivity index (χ2n) is 5.02. The fourth-order valence-electron chi connectivity index (χ4n) is 1.93. The summed E-state index contributed by atoms with van der Waals surface area (Å²) in [4.78, 5) is 10.8. The van der Waals surface area contributed by atoms with Crippen molar-refractivity contribution in [1.82, 2.24) is 5.32 Å². The molecule has 0 heterocycles. The summed E-state index contributed by atoms with van der Waals surface area (Å²) in [6, 6.07) is 16.3. The number of anilines is 1. The van der Waals surface area contributed by atoms with Crippen LogP contribution in [0.1, 0.15) is 5.56 Å². The lowest BCUT2D eigenvalue weighted by atomic mass is 10.2. The van der Waals surface area contributed by atoms with Crippen molar-refractivity contribution in [3.8, 4) is 5.75 Å². The zero-order valence-electron chi connectivity index (χ0n) is 13.0. The first-order valence-corrected chi connectivity index (χ1v) is 7.71. The molecule has 0 aliphatic heterocycles. The summed E-state index contributed by atoms with van der Waals surface area (Å²) in [7, 11) is 0. The van der Waals surface area contributed by atoms with E-state index in [2.05, 4.69) is 5.32 Å². The van der Waals surface area contributed by atoms with Gasteiger partial charge in [0.25, 0.3) is 0 Å². The highest BCUT2D eigenvalue weighted by molar-refractivity contribution is 7.80. The van der Waals surface area contributed by atoms with Crippen LogP contribution in [0.25, 0.3) is 0 Å². The minimum absolute atomic E-state index is 0.407. The topological polar surface area (TPSA) is 50.4 Å². The number of hydrogen-bond acceptors (Lipinski definition) is 3. The van der Waals surface area contributed by atoms with Gasteiger partial charge in [0.05, 0.1) is 6.61 Å². The van der Waals surface area contributed by atoms with E-state index in [4.69, 9.17) is 17.0 Å². The minimum atomic E-state index is -4.99. The van der Waals surface area contributed by atoms with Crippen molar-refractivity contribution in [3.05, 3.63) is 60.2 Å². The number of benzene rings is 2. The molecule has 0 aromatic heterocycles. The van der Waals surface area contributed by atoms with E-state index in [0.29, 0.717) is 18.0 Å². The Morgan fingerprint density at radius 1 is 1.08 bits per heavy atom. The molecule has 0 aliphatic carbocycles. The molecule has 2 rings (SSSR count). The highest BCUT2D eigenvalue weighted by atomic mass is 32.1.